The van der Waals surface area contributed by atoms with Crippen LogP contribution >= 0.6 is 0 Å². The standard InChI is InChI=1S/C14H19BFNO3/c1-13(2)14(3,4)20-15(19-13)7-6-10-8-12(18-5)17-9-11(10)16/h6-9H,1-5H3/b7-6+. The fourth-order valence-electron chi connectivity index (χ4n) is 1.82. The van der Waals surface area contributed by atoms with Crippen molar-refractivity contribution in [2.45, 2.75) is 38.9 Å². The number of halogens is 1. The maximum Gasteiger partial charge on any atom is 0.487 e. The molecule has 0 atom stereocenters. The fourth-order valence-corrected chi connectivity index (χ4v) is 1.82. The minimum atomic E-state index is -0.501. The lowest BCUT2D eigenvalue weighted by molar-refractivity contribution is 0.00578. The third-order valence-corrected chi connectivity index (χ3v) is 3.77. The highest BCUT2D eigenvalue weighted by Crippen LogP contribution is 2.37. The maximum atomic E-state index is 13.6. The first kappa shape index (κ1) is 15.0. The molecule has 20 heavy (non-hydrogen) atoms. The molecule has 1 aliphatic heterocycles. The predicted octanol–water partition coefficient (Wildman–Crippen LogP) is 2.87. The largest absolute Gasteiger partial charge is 0.487 e. The van der Waals surface area contributed by atoms with Gasteiger partial charge in [-0.05, 0) is 27.7 Å². The Morgan fingerprint density at radius 2 is 1.85 bits per heavy atom. The summed E-state index contributed by atoms with van der Waals surface area (Å²) in [6.45, 7) is 7.88. The van der Waals surface area contributed by atoms with Crippen molar-refractivity contribution in [1.29, 1.82) is 0 Å². The highest BCUT2D eigenvalue weighted by molar-refractivity contribution is 6.52. The number of hydrogen-bond acceptors (Lipinski definition) is 4. The van der Waals surface area contributed by atoms with Crippen molar-refractivity contribution in [1.82, 2.24) is 4.98 Å². The summed E-state index contributed by atoms with van der Waals surface area (Å²) in [5.74, 6) is 1.63. The van der Waals surface area contributed by atoms with Crippen LogP contribution in [0.4, 0.5) is 4.39 Å². The van der Waals surface area contributed by atoms with Crippen LogP contribution in [-0.2, 0) is 9.31 Å². The van der Waals surface area contributed by atoms with E-state index in [4.69, 9.17) is 14.0 Å². The van der Waals surface area contributed by atoms with Crippen molar-refractivity contribution >= 4 is 13.2 Å². The lowest BCUT2D eigenvalue weighted by Gasteiger charge is -2.32. The Hall–Kier alpha value is -1.40. The van der Waals surface area contributed by atoms with Gasteiger partial charge in [0, 0.05) is 11.6 Å². The van der Waals surface area contributed by atoms with Gasteiger partial charge in [-0.25, -0.2) is 9.37 Å². The SMILES string of the molecule is COc1cc(/C=C/B2OC(C)(C)C(C)(C)O2)c(F)cn1. The molecule has 1 saturated heterocycles. The second-order valence-corrected chi connectivity index (χ2v) is 5.73. The molecule has 0 amide bonds. The zero-order chi connectivity index (χ0) is 15.0. The van der Waals surface area contributed by atoms with E-state index in [1.807, 2.05) is 27.7 Å². The molecule has 0 saturated carbocycles. The molecule has 2 heterocycles. The molecule has 6 heteroatoms. The molecule has 2 rings (SSSR count). The predicted molar refractivity (Wildman–Crippen MR) is 75.9 cm³/mol. The van der Waals surface area contributed by atoms with E-state index in [0.29, 0.717) is 11.4 Å². The number of pyridine rings is 1. The van der Waals surface area contributed by atoms with Gasteiger partial charge < -0.3 is 14.0 Å². The molecule has 0 aliphatic carbocycles. The summed E-state index contributed by atoms with van der Waals surface area (Å²) in [6, 6.07) is 1.52. The molecule has 0 unspecified atom stereocenters. The van der Waals surface area contributed by atoms with E-state index in [1.165, 1.54) is 13.2 Å². The third kappa shape index (κ3) is 2.86. The van der Waals surface area contributed by atoms with Gasteiger partial charge >= 0.3 is 7.12 Å². The molecule has 1 aromatic rings. The Labute approximate surface area is 119 Å². The Kier molecular flexibility index (Phi) is 3.89. The first-order valence-electron chi connectivity index (χ1n) is 6.48. The van der Waals surface area contributed by atoms with Gasteiger partial charge in [-0.1, -0.05) is 12.1 Å². The van der Waals surface area contributed by atoms with Gasteiger partial charge in [-0.15, -0.1) is 0 Å². The van der Waals surface area contributed by atoms with Gasteiger partial charge in [0.2, 0.25) is 5.88 Å². The van der Waals surface area contributed by atoms with Crippen LogP contribution in [0.25, 0.3) is 6.08 Å². The molecule has 0 spiro atoms. The van der Waals surface area contributed by atoms with E-state index in [1.54, 1.807) is 12.1 Å². The van der Waals surface area contributed by atoms with E-state index in [9.17, 15) is 4.39 Å². The monoisotopic (exact) mass is 279 g/mol. The van der Waals surface area contributed by atoms with Crippen molar-refractivity contribution in [2.24, 2.45) is 0 Å². The van der Waals surface area contributed by atoms with E-state index >= 15 is 0 Å². The highest BCUT2D eigenvalue weighted by Gasteiger charge is 2.49. The normalized spacial score (nSPS) is 20.6. The number of nitrogens with zero attached hydrogens (tertiary/aromatic N) is 1. The Morgan fingerprint density at radius 3 is 2.40 bits per heavy atom. The number of ether oxygens (including phenoxy) is 1. The van der Waals surface area contributed by atoms with Crippen LogP contribution in [0.15, 0.2) is 18.2 Å². The van der Waals surface area contributed by atoms with E-state index in [2.05, 4.69) is 4.98 Å². The number of rotatable bonds is 3. The van der Waals surface area contributed by atoms with Gasteiger partial charge in [0.1, 0.15) is 5.82 Å². The quantitative estimate of drug-likeness (QED) is 0.798. The maximum absolute atomic E-state index is 13.6. The number of methoxy groups -OCH3 is 1. The van der Waals surface area contributed by atoms with Crippen LogP contribution in [0.1, 0.15) is 33.3 Å². The van der Waals surface area contributed by atoms with Gasteiger partial charge in [0.05, 0.1) is 24.5 Å². The molecular formula is C14H19BFNO3. The lowest BCUT2D eigenvalue weighted by Crippen LogP contribution is -2.41. The van der Waals surface area contributed by atoms with Crippen LogP contribution in [-0.4, -0.2) is 30.4 Å². The van der Waals surface area contributed by atoms with Gasteiger partial charge in [0.15, 0.2) is 0 Å². The van der Waals surface area contributed by atoms with E-state index in [-0.39, 0.29) is 0 Å². The molecule has 0 bridgehead atoms. The molecule has 1 aromatic heterocycles. The van der Waals surface area contributed by atoms with Crippen molar-refractivity contribution in [3.8, 4) is 5.88 Å². The summed E-state index contributed by atoms with van der Waals surface area (Å²) in [5, 5.41) is 0. The summed E-state index contributed by atoms with van der Waals surface area (Å²) in [5.41, 5.74) is -0.431. The molecule has 0 radical (unpaired) electrons. The summed E-state index contributed by atoms with van der Waals surface area (Å²) >= 11 is 0. The van der Waals surface area contributed by atoms with Gasteiger partial charge in [0.25, 0.3) is 0 Å². The molecule has 1 fully saturated rings. The smallest absolute Gasteiger partial charge is 0.481 e. The molecular weight excluding hydrogens is 260 g/mol. The van der Waals surface area contributed by atoms with Crippen molar-refractivity contribution in [3.63, 3.8) is 0 Å². The summed E-state index contributed by atoms with van der Waals surface area (Å²) in [6.07, 6.45) is 2.74. The molecule has 1 aliphatic rings. The van der Waals surface area contributed by atoms with Crippen LogP contribution < -0.4 is 4.74 Å². The van der Waals surface area contributed by atoms with Gasteiger partial charge in [-0.2, -0.15) is 0 Å². The Bertz CT molecular complexity index is 515. The topological polar surface area (TPSA) is 40.6 Å². The first-order valence-corrected chi connectivity index (χ1v) is 6.48. The first-order chi connectivity index (χ1) is 9.25. The minimum absolute atomic E-state index is 0.361. The van der Waals surface area contributed by atoms with Crippen molar-refractivity contribution in [2.75, 3.05) is 7.11 Å². The van der Waals surface area contributed by atoms with Crippen molar-refractivity contribution < 1.29 is 18.4 Å². The van der Waals surface area contributed by atoms with E-state index < -0.39 is 24.1 Å². The highest BCUT2D eigenvalue weighted by atomic mass is 19.1. The van der Waals surface area contributed by atoms with Crippen LogP contribution in [0.2, 0.25) is 0 Å². The fraction of sp³-hybridized carbons (Fsp3) is 0.500. The number of hydrogen-bond donors (Lipinski definition) is 0. The second kappa shape index (κ2) is 5.18. The van der Waals surface area contributed by atoms with Crippen LogP contribution in [0, 0.1) is 5.82 Å². The summed E-state index contributed by atoms with van der Waals surface area (Å²) < 4.78 is 30.2. The molecule has 0 N–H and O–H groups in total. The van der Waals surface area contributed by atoms with Crippen LogP contribution in [0.3, 0.4) is 0 Å². The molecule has 4 nitrogen and oxygen atoms in total. The Morgan fingerprint density at radius 1 is 1.25 bits per heavy atom. The third-order valence-electron chi connectivity index (χ3n) is 3.77. The van der Waals surface area contributed by atoms with Crippen LogP contribution in [0.5, 0.6) is 5.88 Å². The Balaban J connectivity index is 2.15. The van der Waals surface area contributed by atoms with Gasteiger partial charge in [-0.3, -0.25) is 0 Å². The lowest BCUT2D eigenvalue weighted by atomic mass is 9.89. The van der Waals surface area contributed by atoms with Crippen molar-refractivity contribution in [3.05, 3.63) is 29.6 Å². The molecule has 108 valence electrons. The zero-order valence-corrected chi connectivity index (χ0v) is 12.4. The minimum Gasteiger partial charge on any atom is -0.481 e. The average molecular weight is 279 g/mol. The zero-order valence-electron chi connectivity index (χ0n) is 12.4. The van der Waals surface area contributed by atoms with E-state index in [0.717, 1.165) is 6.20 Å². The number of aromatic nitrogens is 1. The molecule has 0 aromatic carbocycles. The average Bonchev–Trinajstić information content (AvgIpc) is 2.57. The summed E-state index contributed by atoms with van der Waals surface area (Å²) in [7, 11) is 0.987. The summed E-state index contributed by atoms with van der Waals surface area (Å²) in [4.78, 5) is 3.79. The second-order valence-electron chi connectivity index (χ2n) is 5.73.